The fourth-order valence-electron chi connectivity index (χ4n) is 2.75. The lowest BCUT2D eigenvalue weighted by Crippen LogP contribution is -2.23. The quantitative estimate of drug-likeness (QED) is 0.550. The number of fused-ring (bicyclic) bond motifs is 2. The summed E-state index contributed by atoms with van der Waals surface area (Å²) in [5.41, 5.74) is 3.24. The Labute approximate surface area is 142 Å². The number of aromatic nitrogens is 3. The van der Waals surface area contributed by atoms with Crippen molar-refractivity contribution >= 4 is 39.2 Å². The van der Waals surface area contributed by atoms with Crippen LogP contribution >= 0.6 is 11.3 Å². The fraction of sp³-hybridized carbons (Fsp3) is 0.111. The molecule has 0 radical (unpaired) electrons. The van der Waals surface area contributed by atoms with Crippen LogP contribution in [0.1, 0.15) is 11.3 Å². The van der Waals surface area contributed by atoms with Gasteiger partial charge < -0.3 is 10.3 Å². The van der Waals surface area contributed by atoms with E-state index < -0.39 is 0 Å². The molecule has 0 atom stereocenters. The number of aromatic amines is 1. The van der Waals surface area contributed by atoms with Crippen molar-refractivity contribution in [2.75, 3.05) is 6.54 Å². The van der Waals surface area contributed by atoms with Gasteiger partial charge >= 0.3 is 0 Å². The lowest BCUT2D eigenvalue weighted by Gasteiger charge is -2.01. The molecule has 4 rings (SSSR count). The van der Waals surface area contributed by atoms with Crippen LogP contribution in [0, 0.1) is 0 Å². The second-order valence-electron chi connectivity index (χ2n) is 5.47. The van der Waals surface area contributed by atoms with Crippen molar-refractivity contribution in [3.63, 3.8) is 0 Å². The Kier molecular flexibility index (Phi) is 3.88. The molecule has 0 aliphatic carbocycles. The highest BCUT2D eigenvalue weighted by molar-refractivity contribution is 7.15. The van der Waals surface area contributed by atoms with Gasteiger partial charge in [0.05, 0.1) is 11.9 Å². The molecule has 120 valence electrons. The van der Waals surface area contributed by atoms with Gasteiger partial charge in [-0.05, 0) is 24.1 Å². The number of benzene rings is 1. The molecule has 2 N–H and O–H groups in total. The first kappa shape index (κ1) is 14.7. The van der Waals surface area contributed by atoms with Gasteiger partial charge in [-0.25, -0.2) is 4.98 Å². The van der Waals surface area contributed by atoms with Gasteiger partial charge in [-0.1, -0.05) is 18.2 Å². The molecule has 0 aliphatic rings. The molecule has 0 spiro atoms. The third-order valence-corrected chi connectivity index (χ3v) is 4.72. The summed E-state index contributed by atoms with van der Waals surface area (Å²) in [7, 11) is 0. The summed E-state index contributed by atoms with van der Waals surface area (Å²) in [6, 6.07) is 8.18. The Morgan fingerprint density at radius 2 is 2.29 bits per heavy atom. The van der Waals surface area contributed by atoms with E-state index in [0.717, 1.165) is 22.6 Å². The van der Waals surface area contributed by atoms with Crippen molar-refractivity contribution in [1.82, 2.24) is 19.7 Å². The van der Waals surface area contributed by atoms with Crippen molar-refractivity contribution < 1.29 is 4.79 Å². The highest BCUT2D eigenvalue weighted by Gasteiger charge is 2.04. The van der Waals surface area contributed by atoms with E-state index in [-0.39, 0.29) is 5.91 Å². The summed E-state index contributed by atoms with van der Waals surface area (Å²) >= 11 is 1.57. The van der Waals surface area contributed by atoms with Gasteiger partial charge in [0.2, 0.25) is 5.91 Å². The number of hydrogen-bond donors (Lipinski definition) is 2. The van der Waals surface area contributed by atoms with Crippen LogP contribution in [-0.4, -0.2) is 26.8 Å². The molecular formula is C18H16N4OS. The summed E-state index contributed by atoms with van der Waals surface area (Å²) in [5, 5.41) is 6.11. The Hall–Kier alpha value is -2.86. The summed E-state index contributed by atoms with van der Waals surface area (Å²) in [6.07, 6.45) is 9.85. The summed E-state index contributed by atoms with van der Waals surface area (Å²) in [6.45, 7) is 0.602. The fourth-order valence-corrected chi connectivity index (χ4v) is 3.45. The number of carbonyl (C=O) groups excluding carboxylic acids is 1. The number of thiazole rings is 1. The third kappa shape index (κ3) is 2.83. The Bertz CT molecular complexity index is 1020. The summed E-state index contributed by atoms with van der Waals surface area (Å²) < 4.78 is 1.96. The minimum atomic E-state index is -0.0972. The Morgan fingerprint density at radius 1 is 1.38 bits per heavy atom. The first-order valence-electron chi connectivity index (χ1n) is 7.73. The van der Waals surface area contributed by atoms with Gasteiger partial charge in [0.15, 0.2) is 4.96 Å². The van der Waals surface area contributed by atoms with Gasteiger partial charge in [0, 0.05) is 41.3 Å². The monoisotopic (exact) mass is 336 g/mol. The van der Waals surface area contributed by atoms with E-state index in [0.29, 0.717) is 6.54 Å². The number of carbonyl (C=O) groups is 1. The molecule has 1 aromatic carbocycles. The molecule has 0 saturated carbocycles. The Balaban J connectivity index is 1.35. The van der Waals surface area contributed by atoms with Crippen molar-refractivity contribution in [1.29, 1.82) is 0 Å². The number of rotatable bonds is 5. The standard InChI is InChI=1S/C18H16N4OS/c23-17(6-5-14-12-21-18-22(14)9-10-24-18)19-8-7-13-11-20-16-4-2-1-3-15(13)16/h1-6,9-12,20H,7-8H2,(H,19,23)/b6-5+. The lowest BCUT2D eigenvalue weighted by atomic mass is 10.1. The molecule has 0 bridgehead atoms. The van der Waals surface area contributed by atoms with E-state index in [4.69, 9.17) is 0 Å². The zero-order valence-corrected chi connectivity index (χ0v) is 13.7. The van der Waals surface area contributed by atoms with Crippen LogP contribution in [0.2, 0.25) is 0 Å². The molecule has 4 aromatic rings. The molecule has 0 saturated heterocycles. The first-order chi connectivity index (χ1) is 11.8. The van der Waals surface area contributed by atoms with Crippen LogP contribution in [0.5, 0.6) is 0 Å². The van der Waals surface area contributed by atoms with Crippen LogP contribution in [0.25, 0.3) is 21.9 Å². The Morgan fingerprint density at radius 3 is 3.25 bits per heavy atom. The summed E-state index contributed by atoms with van der Waals surface area (Å²) in [5.74, 6) is -0.0972. The van der Waals surface area contributed by atoms with Crippen LogP contribution < -0.4 is 5.32 Å². The molecule has 3 aromatic heterocycles. The van der Waals surface area contributed by atoms with Gasteiger partial charge in [-0.2, -0.15) is 0 Å². The van der Waals surface area contributed by atoms with Crippen molar-refractivity contribution in [3.8, 4) is 0 Å². The maximum atomic E-state index is 12.0. The van der Waals surface area contributed by atoms with Crippen LogP contribution in [0.15, 0.2) is 54.3 Å². The number of amides is 1. The average molecular weight is 336 g/mol. The van der Waals surface area contributed by atoms with Crippen molar-refractivity contribution in [2.24, 2.45) is 0 Å². The number of hydrogen-bond acceptors (Lipinski definition) is 3. The number of nitrogens with zero attached hydrogens (tertiary/aromatic N) is 2. The highest BCUT2D eigenvalue weighted by Crippen LogP contribution is 2.17. The van der Waals surface area contributed by atoms with E-state index in [1.54, 1.807) is 29.7 Å². The normalized spacial score (nSPS) is 11.7. The van der Waals surface area contributed by atoms with Crippen LogP contribution in [-0.2, 0) is 11.2 Å². The highest BCUT2D eigenvalue weighted by atomic mass is 32.1. The maximum absolute atomic E-state index is 12.0. The smallest absolute Gasteiger partial charge is 0.244 e. The second-order valence-corrected chi connectivity index (χ2v) is 6.35. The molecule has 0 aliphatic heterocycles. The zero-order chi connectivity index (χ0) is 16.4. The third-order valence-electron chi connectivity index (χ3n) is 3.95. The zero-order valence-electron chi connectivity index (χ0n) is 12.9. The maximum Gasteiger partial charge on any atom is 0.244 e. The minimum absolute atomic E-state index is 0.0972. The second kappa shape index (κ2) is 6.33. The predicted molar refractivity (Wildman–Crippen MR) is 97.1 cm³/mol. The summed E-state index contributed by atoms with van der Waals surface area (Å²) in [4.78, 5) is 20.4. The van der Waals surface area contributed by atoms with Gasteiger partial charge in [0.25, 0.3) is 0 Å². The molecule has 6 heteroatoms. The van der Waals surface area contributed by atoms with Gasteiger partial charge in [-0.15, -0.1) is 11.3 Å². The predicted octanol–water partition coefficient (Wildman–Crippen LogP) is 3.25. The van der Waals surface area contributed by atoms with Crippen molar-refractivity contribution in [3.05, 3.63) is 65.6 Å². The SMILES string of the molecule is O=C(/C=C/c1cnc2sccn12)NCCc1c[nH]c2ccccc12. The molecule has 5 nitrogen and oxygen atoms in total. The van der Waals surface area contributed by atoms with Gasteiger partial charge in [0.1, 0.15) is 0 Å². The number of imidazole rings is 1. The molecule has 1 amide bonds. The van der Waals surface area contributed by atoms with Crippen LogP contribution in [0.4, 0.5) is 0 Å². The van der Waals surface area contributed by atoms with Gasteiger partial charge in [-0.3, -0.25) is 9.20 Å². The molecule has 24 heavy (non-hydrogen) atoms. The molecule has 0 unspecified atom stereocenters. The van der Waals surface area contributed by atoms with Crippen LogP contribution in [0.3, 0.4) is 0 Å². The molecular weight excluding hydrogens is 320 g/mol. The number of para-hydroxylation sites is 1. The number of H-pyrrole nitrogens is 1. The largest absolute Gasteiger partial charge is 0.361 e. The first-order valence-corrected chi connectivity index (χ1v) is 8.61. The van der Waals surface area contributed by atoms with E-state index in [2.05, 4.69) is 27.4 Å². The lowest BCUT2D eigenvalue weighted by molar-refractivity contribution is -0.116. The molecule has 0 fully saturated rings. The number of nitrogens with one attached hydrogen (secondary N) is 2. The van der Waals surface area contributed by atoms with E-state index in [9.17, 15) is 4.79 Å². The average Bonchev–Trinajstić information content (AvgIpc) is 3.29. The van der Waals surface area contributed by atoms with Crippen molar-refractivity contribution in [2.45, 2.75) is 6.42 Å². The topological polar surface area (TPSA) is 62.2 Å². The van der Waals surface area contributed by atoms with E-state index in [1.807, 2.05) is 34.3 Å². The van der Waals surface area contributed by atoms with E-state index >= 15 is 0 Å². The minimum Gasteiger partial charge on any atom is -0.361 e. The van der Waals surface area contributed by atoms with E-state index in [1.165, 1.54) is 10.9 Å². The molecule has 3 heterocycles.